The fourth-order valence-electron chi connectivity index (χ4n) is 1.72. The maximum absolute atomic E-state index is 11.0. The van der Waals surface area contributed by atoms with E-state index in [-0.39, 0.29) is 11.7 Å². The van der Waals surface area contributed by atoms with Crippen molar-refractivity contribution >= 4 is 11.8 Å². The molecule has 2 aromatic heterocycles. The quantitative estimate of drug-likeness (QED) is 0.828. The molecule has 100 valence electrons. The molecule has 0 aliphatic rings. The molecule has 0 aromatic carbocycles. The Balaban J connectivity index is 1.95. The summed E-state index contributed by atoms with van der Waals surface area (Å²) in [7, 11) is 0. The predicted octanol–water partition coefficient (Wildman–Crippen LogP) is 2.20. The van der Waals surface area contributed by atoms with Crippen LogP contribution in [0.1, 0.15) is 29.6 Å². The fraction of sp³-hybridized carbons (Fsp3) is 0.308. The van der Waals surface area contributed by atoms with E-state index in [1.54, 1.807) is 6.26 Å². The van der Waals surface area contributed by atoms with Gasteiger partial charge in [0.1, 0.15) is 5.76 Å². The summed E-state index contributed by atoms with van der Waals surface area (Å²) in [6.45, 7) is 1.96. The number of carboxylic acid groups (broad SMARTS) is 1. The van der Waals surface area contributed by atoms with Crippen LogP contribution in [0.5, 0.6) is 0 Å². The van der Waals surface area contributed by atoms with Crippen molar-refractivity contribution in [3.63, 3.8) is 0 Å². The van der Waals surface area contributed by atoms with Crippen LogP contribution in [0.3, 0.4) is 0 Å². The summed E-state index contributed by atoms with van der Waals surface area (Å²) >= 11 is 0. The smallest absolute Gasteiger partial charge is 0.358 e. The monoisotopic (exact) mass is 261 g/mol. The number of aryl methyl sites for hydroxylation is 1. The van der Waals surface area contributed by atoms with Gasteiger partial charge in [0.15, 0.2) is 11.5 Å². The molecule has 2 heterocycles. The molecular formula is C13H15N3O3. The molecule has 1 unspecified atom stereocenters. The highest BCUT2D eigenvalue weighted by molar-refractivity contribution is 5.90. The van der Waals surface area contributed by atoms with Crippen molar-refractivity contribution in [2.45, 2.75) is 25.8 Å². The number of carbonyl (C=O) groups is 1. The van der Waals surface area contributed by atoms with Gasteiger partial charge in [0, 0.05) is 24.9 Å². The van der Waals surface area contributed by atoms with E-state index in [2.05, 4.69) is 15.3 Å². The van der Waals surface area contributed by atoms with Gasteiger partial charge < -0.3 is 14.8 Å². The zero-order valence-corrected chi connectivity index (χ0v) is 10.5. The molecule has 0 amide bonds. The van der Waals surface area contributed by atoms with Crippen LogP contribution in [0.4, 0.5) is 5.82 Å². The van der Waals surface area contributed by atoms with Gasteiger partial charge in [-0.1, -0.05) is 0 Å². The summed E-state index contributed by atoms with van der Waals surface area (Å²) in [5, 5.41) is 12.1. The summed E-state index contributed by atoms with van der Waals surface area (Å²) < 4.78 is 5.25. The maximum atomic E-state index is 11.0. The van der Waals surface area contributed by atoms with Crippen molar-refractivity contribution in [3.8, 4) is 0 Å². The molecule has 1 atom stereocenters. The van der Waals surface area contributed by atoms with Crippen LogP contribution in [-0.2, 0) is 6.42 Å². The Bertz CT molecular complexity index is 540. The summed E-state index contributed by atoms with van der Waals surface area (Å²) in [6.07, 6.45) is 6.06. The standard InChI is InChI=1S/C13H15N3O3/c1-9(4-5-10-3-2-8-19-10)16-12-11(13(17)18)14-6-7-15-12/h2-3,6-9H,4-5H2,1H3,(H,15,16)(H,17,18). The minimum absolute atomic E-state index is 0.0626. The molecular weight excluding hydrogens is 246 g/mol. The Morgan fingerprint density at radius 2 is 2.26 bits per heavy atom. The average Bonchev–Trinajstić information content (AvgIpc) is 2.90. The molecule has 0 aliphatic carbocycles. The molecule has 0 radical (unpaired) electrons. The van der Waals surface area contributed by atoms with Gasteiger partial charge in [-0.25, -0.2) is 14.8 Å². The van der Waals surface area contributed by atoms with Gasteiger partial charge in [-0.15, -0.1) is 0 Å². The third-order valence-corrected chi connectivity index (χ3v) is 2.69. The predicted molar refractivity (Wildman–Crippen MR) is 69.1 cm³/mol. The number of aromatic carboxylic acids is 1. The number of nitrogens with zero attached hydrogens (tertiary/aromatic N) is 2. The van der Waals surface area contributed by atoms with Gasteiger partial charge >= 0.3 is 5.97 Å². The first kappa shape index (κ1) is 13.1. The molecule has 6 heteroatoms. The minimum Gasteiger partial charge on any atom is -0.476 e. The Hall–Kier alpha value is -2.37. The van der Waals surface area contributed by atoms with Crippen molar-refractivity contribution in [1.29, 1.82) is 0 Å². The number of carboxylic acids is 1. The van der Waals surface area contributed by atoms with Gasteiger partial charge in [0.25, 0.3) is 0 Å². The van der Waals surface area contributed by atoms with E-state index in [0.29, 0.717) is 5.82 Å². The lowest BCUT2D eigenvalue weighted by molar-refractivity contribution is 0.0691. The highest BCUT2D eigenvalue weighted by Gasteiger charge is 2.14. The van der Waals surface area contributed by atoms with E-state index < -0.39 is 5.97 Å². The van der Waals surface area contributed by atoms with Crippen LogP contribution >= 0.6 is 0 Å². The zero-order valence-electron chi connectivity index (χ0n) is 10.5. The van der Waals surface area contributed by atoms with Crippen molar-refractivity contribution in [2.75, 3.05) is 5.32 Å². The highest BCUT2D eigenvalue weighted by atomic mass is 16.4. The average molecular weight is 261 g/mol. The molecule has 0 spiro atoms. The SMILES string of the molecule is CC(CCc1ccco1)Nc1nccnc1C(=O)O. The van der Waals surface area contributed by atoms with Crippen LogP contribution in [0.25, 0.3) is 0 Å². The normalized spacial score (nSPS) is 12.1. The van der Waals surface area contributed by atoms with Gasteiger partial charge in [0.05, 0.1) is 6.26 Å². The first-order valence-corrected chi connectivity index (χ1v) is 6.00. The van der Waals surface area contributed by atoms with Gasteiger partial charge in [0.2, 0.25) is 0 Å². The third-order valence-electron chi connectivity index (χ3n) is 2.69. The Morgan fingerprint density at radius 1 is 1.47 bits per heavy atom. The fourth-order valence-corrected chi connectivity index (χ4v) is 1.72. The second-order valence-corrected chi connectivity index (χ2v) is 4.22. The third kappa shape index (κ3) is 3.54. The van der Waals surface area contributed by atoms with E-state index in [9.17, 15) is 4.79 Å². The molecule has 0 saturated carbocycles. The van der Waals surface area contributed by atoms with Crippen LogP contribution in [0.2, 0.25) is 0 Å². The van der Waals surface area contributed by atoms with E-state index in [1.807, 2.05) is 19.1 Å². The zero-order chi connectivity index (χ0) is 13.7. The molecule has 2 N–H and O–H groups in total. The van der Waals surface area contributed by atoms with Crippen LogP contribution in [0, 0.1) is 0 Å². The van der Waals surface area contributed by atoms with Crippen LogP contribution < -0.4 is 5.32 Å². The number of furan rings is 1. The molecule has 6 nitrogen and oxygen atoms in total. The van der Waals surface area contributed by atoms with Crippen molar-refractivity contribution in [3.05, 3.63) is 42.2 Å². The Kier molecular flexibility index (Phi) is 4.12. The lowest BCUT2D eigenvalue weighted by Crippen LogP contribution is -2.19. The van der Waals surface area contributed by atoms with E-state index >= 15 is 0 Å². The van der Waals surface area contributed by atoms with Crippen molar-refractivity contribution < 1.29 is 14.3 Å². The second-order valence-electron chi connectivity index (χ2n) is 4.22. The summed E-state index contributed by atoms with van der Waals surface area (Å²) in [4.78, 5) is 18.8. The Labute approximate surface area is 110 Å². The molecule has 0 fully saturated rings. The van der Waals surface area contributed by atoms with Crippen molar-refractivity contribution in [2.24, 2.45) is 0 Å². The summed E-state index contributed by atoms with van der Waals surface area (Å²) in [6, 6.07) is 3.83. The summed E-state index contributed by atoms with van der Waals surface area (Å²) in [5.74, 6) is 0.113. The molecule has 2 aromatic rings. The van der Waals surface area contributed by atoms with Crippen LogP contribution in [-0.4, -0.2) is 27.1 Å². The first-order valence-electron chi connectivity index (χ1n) is 6.00. The number of rotatable bonds is 6. The van der Waals surface area contributed by atoms with Crippen molar-refractivity contribution in [1.82, 2.24) is 9.97 Å². The second kappa shape index (κ2) is 5.99. The number of anilines is 1. The molecule has 0 aliphatic heterocycles. The van der Waals surface area contributed by atoms with Gasteiger partial charge in [-0.05, 0) is 25.5 Å². The van der Waals surface area contributed by atoms with Gasteiger partial charge in [-0.3, -0.25) is 0 Å². The molecule has 19 heavy (non-hydrogen) atoms. The lowest BCUT2D eigenvalue weighted by atomic mass is 10.1. The molecule has 0 bridgehead atoms. The number of aromatic nitrogens is 2. The lowest BCUT2D eigenvalue weighted by Gasteiger charge is -2.14. The van der Waals surface area contributed by atoms with Crippen LogP contribution in [0.15, 0.2) is 35.2 Å². The number of hydrogen-bond donors (Lipinski definition) is 2. The van der Waals surface area contributed by atoms with E-state index in [1.165, 1.54) is 12.4 Å². The molecule has 2 rings (SSSR count). The van der Waals surface area contributed by atoms with Gasteiger partial charge in [-0.2, -0.15) is 0 Å². The molecule has 0 saturated heterocycles. The number of nitrogens with one attached hydrogen (secondary N) is 1. The summed E-state index contributed by atoms with van der Waals surface area (Å²) in [5.41, 5.74) is -0.0626. The van der Waals surface area contributed by atoms with E-state index in [4.69, 9.17) is 9.52 Å². The minimum atomic E-state index is -1.09. The first-order chi connectivity index (χ1) is 9.16. The topological polar surface area (TPSA) is 88.3 Å². The van der Waals surface area contributed by atoms with E-state index in [0.717, 1.165) is 18.6 Å². The maximum Gasteiger partial charge on any atom is 0.358 e. The number of hydrogen-bond acceptors (Lipinski definition) is 5. The highest BCUT2D eigenvalue weighted by Crippen LogP contribution is 2.13. The largest absolute Gasteiger partial charge is 0.476 e. The Morgan fingerprint density at radius 3 is 2.95 bits per heavy atom.